The Bertz CT molecular complexity index is 1260. The molecule has 168 valence electrons. The SMILES string of the molecule is C/C=C1/C[C@@](O)(C(F)(F)F)[C@@H](Nc2cccc3nc(C)ncc23)c2cc(Cl)c(F)c(O)c21. The summed E-state index contributed by atoms with van der Waals surface area (Å²) in [4.78, 5) is 8.37. The number of hydrogen-bond acceptors (Lipinski definition) is 5. The van der Waals surface area contributed by atoms with Crippen molar-refractivity contribution < 1.29 is 27.8 Å². The van der Waals surface area contributed by atoms with E-state index in [0.29, 0.717) is 16.7 Å². The molecule has 5 nitrogen and oxygen atoms in total. The van der Waals surface area contributed by atoms with E-state index in [9.17, 15) is 27.8 Å². The number of aryl methyl sites for hydroxylation is 1. The number of fused-ring (bicyclic) bond motifs is 2. The van der Waals surface area contributed by atoms with Crippen molar-refractivity contribution in [2.75, 3.05) is 5.32 Å². The lowest BCUT2D eigenvalue weighted by atomic mass is 9.72. The molecule has 0 amide bonds. The number of hydrogen-bond donors (Lipinski definition) is 3. The minimum absolute atomic E-state index is 0.0529. The molecular formula is C22H18ClF4N3O2. The number of aromatic nitrogens is 2. The zero-order valence-corrected chi connectivity index (χ0v) is 17.7. The van der Waals surface area contributed by atoms with E-state index in [1.807, 2.05) is 0 Å². The van der Waals surface area contributed by atoms with E-state index >= 15 is 0 Å². The van der Waals surface area contributed by atoms with Crippen LogP contribution < -0.4 is 5.32 Å². The van der Waals surface area contributed by atoms with Crippen LogP contribution in [0.15, 0.2) is 36.5 Å². The van der Waals surface area contributed by atoms with Crippen molar-refractivity contribution in [2.45, 2.75) is 38.1 Å². The molecule has 3 N–H and O–H groups in total. The smallest absolute Gasteiger partial charge is 0.419 e. The van der Waals surface area contributed by atoms with Gasteiger partial charge in [0.1, 0.15) is 5.82 Å². The molecule has 0 radical (unpaired) electrons. The monoisotopic (exact) mass is 467 g/mol. The van der Waals surface area contributed by atoms with Gasteiger partial charge in [0.15, 0.2) is 17.2 Å². The second-order valence-corrected chi connectivity index (χ2v) is 8.04. The van der Waals surface area contributed by atoms with E-state index in [2.05, 4.69) is 15.3 Å². The van der Waals surface area contributed by atoms with Crippen molar-refractivity contribution in [1.82, 2.24) is 9.97 Å². The first-order chi connectivity index (χ1) is 15.0. The number of aliphatic hydroxyl groups is 1. The second kappa shape index (κ2) is 7.60. The van der Waals surface area contributed by atoms with Gasteiger partial charge in [0.05, 0.1) is 16.6 Å². The fourth-order valence-corrected chi connectivity index (χ4v) is 4.28. The van der Waals surface area contributed by atoms with Gasteiger partial charge < -0.3 is 15.5 Å². The van der Waals surface area contributed by atoms with Crippen molar-refractivity contribution in [3.63, 3.8) is 0 Å². The third kappa shape index (κ3) is 3.36. The number of aromatic hydroxyl groups is 1. The lowest BCUT2D eigenvalue weighted by Gasteiger charge is -2.44. The van der Waals surface area contributed by atoms with Gasteiger partial charge in [-0.15, -0.1) is 0 Å². The molecule has 0 saturated heterocycles. The number of nitrogens with zero attached hydrogens (tertiary/aromatic N) is 2. The summed E-state index contributed by atoms with van der Waals surface area (Å²) < 4.78 is 57.0. The van der Waals surface area contributed by atoms with Gasteiger partial charge >= 0.3 is 6.18 Å². The number of allylic oxidation sites excluding steroid dienone is 1. The molecule has 2 atom stereocenters. The molecule has 1 heterocycles. The highest BCUT2D eigenvalue weighted by molar-refractivity contribution is 6.31. The van der Waals surface area contributed by atoms with E-state index < -0.39 is 40.8 Å². The molecule has 32 heavy (non-hydrogen) atoms. The summed E-state index contributed by atoms with van der Waals surface area (Å²) in [7, 11) is 0. The van der Waals surface area contributed by atoms with Gasteiger partial charge in [-0.25, -0.2) is 14.4 Å². The number of halogens is 5. The van der Waals surface area contributed by atoms with E-state index in [1.165, 1.54) is 25.3 Å². The third-order valence-electron chi connectivity index (χ3n) is 5.68. The predicted molar refractivity (Wildman–Crippen MR) is 113 cm³/mol. The topological polar surface area (TPSA) is 78.3 Å². The Balaban J connectivity index is 1.98. The van der Waals surface area contributed by atoms with Crippen molar-refractivity contribution in [3.8, 4) is 5.75 Å². The van der Waals surface area contributed by atoms with Crippen LogP contribution in [0.2, 0.25) is 5.02 Å². The van der Waals surface area contributed by atoms with Crippen LogP contribution in [0.5, 0.6) is 5.75 Å². The molecule has 10 heteroatoms. The van der Waals surface area contributed by atoms with Gasteiger partial charge in [0.2, 0.25) is 0 Å². The highest BCUT2D eigenvalue weighted by Gasteiger charge is 2.62. The number of nitrogens with one attached hydrogen (secondary N) is 1. The first-order valence-electron chi connectivity index (χ1n) is 9.62. The van der Waals surface area contributed by atoms with Gasteiger partial charge in [0.25, 0.3) is 0 Å². The molecule has 4 rings (SSSR count). The Labute approximate surface area is 185 Å². The van der Waals surface area contributed by atoms with Gasteiger partial charge in [-0.05, 0) is 43.2 Å². The van der Waals surface area contributed by atoms with Crippen LogP contribution in [0, 0.1) is 12.7 Å². The zero-order chi connectivity index (χ0) is 23.4. The Morgan fingerprint density at radius 1 is 1.31 bits per heavy atom. The minimum Gasteiger partial charge on any atom is -0.504 e. The van der Waals surface area contributed by atoms with Crippen molar-refractivity contribution in [3.05, 3.63) is 64.3 Å². The quantitative estimate of drug-likeness (QED) is 0.422. The standard InChI is InChI=1S/C22H18ClF4N3O2/c1-3-11-8-21(32,22(25,26)27)20(12-7-14(23)18(24)19(31)17(11)12)30-16-6-4-5-15-13(16)9-28-10(2)29-15/h3-7,9,20,30-32H,8H2,1-2H3/b11-3-/t20-,21-/m0/s1. The van der Waals surface area contributed by atoms with Crippen molar-refractivity contribution >= 4 is 33.8 Å². The first-order valence-corrected chi connectivity index (χ1v) is 10.00. The molecule has 0 fully saturated rings. The fraction of sp³-hybridized carbons (Fsp3) is 0.273. The highest BCUT2D eigenvalue weighted by Crippen LogP contribution is 2.55. The second-order valence-electron chi connectivity index (χ2n) is 7.63. The highest BCUT2D eigenvalue weighted by atomic mass is 35.5. The van der Waals surface area contributed by atoms with Crippen LogP contribution in [0.3, 0.4) is 0 Å². The largest absolute Gasteiger partial charge is 0.504 e. The van der Waals surface area contributed by atoms with Gasteiger partial charge in [-0.3, -0.25) is 0 Å². The molecule has 1 aliphatic carbocycles. The number of anilines is 1. The summed E-state index contributed by atoms with van der Waals surface area (Å²) in [6.45, 7) is 3.12. The predicted octanol–water partition coefficient (Wildman–Crippen LogP) is 5.69. The third-order valence-corrected chi connectivity index (χ3v) is 5.95. The molecule has 1 aromatic heterocycles. The molecule has 2 aromatic carbocycles. The first kappa shape index (κ1) is 22.3. The van der Waals surface area contributed by atoms with Crippen molar-refractivity contribution in [2.24, 2.45) is 0 Å². The number of rotatable bonds is 2. The maximum Gasteiger partial charge on any atom is 0.419 e. The van der Waals surface area contributed by atoms with Crippen LogP contribution in [0.25, 0.3) is 16.5 Å². The number of benzene rings is 2. The number of phenols is 1. The maximum absolute atomic E-state index is 14.3. The van der Waals surface area contributed by atoms with Gasteiger partial charge in [0, 0.05) is 29.3 Å². The van der Waals surface area contributed by atoms with E-state index in [0.717, 1.165) is 6.07 Å². The summed E-state index contributed by atoms with van der Waals surface area (Å²) in [5.74, 6) is -1.53. The van der Waals surface area contributed by atoms with Crippen LogP contribution in [0.1, 0.15) is 36.3 Å². The zero-order valence-electron chi connectivity index (χ0n) is 16.9. The van der Waals surface area contributed by atoms with Crippen LogP contribution in [-0.2, 0) is 0 Å². The molecule has 0 aliphatic heterocycles. The average Bonchev–Trinajstić information content (AvgIpc) is 2.72. The van der Waals surface area contributed by atoms with E-state index in [-0.39, 0.29) is 22.4 Å². The molecular weight excluding hydrogens is 450 g/mol. The average molecular weight is 468 g/mol. The van der Waals surface area contributed by atoms with Crippen molar-refractivity contribution in [1.29, 1.82) is 0 Å². The van der Waals surface area contributed by atoms with E-state index in [1.54, 1.807) is 19.1 Å². The fourth-order valence-electron chi connectivity index (χ4n) is 4.07. The van der Waals surface area contributed by atoms with Crippen LogP contribution in [0.4, 0.5) is 23.2 Å². The Kier molecular flexibility index (Phi) is 5.29. The molecule has 1 aliphatic rings. The van der Waals surface area contributed by atoms with Gasteiger partial charge in [-0.2, -0.15) is 13.2 Å². The van der Waals surface area contributed by atoms with Gasteiger partial charge in [-0.1, -0.05) is 23.7 Å². The molecule has 0 bridgehead atoms. The molecule has 3 aromatic rings. The lowest BCUT2D eigenvalue weighted by molar-refractivity contribution is -0.265. The van der Waals surface area contributed by atoms with Crippen LogP contribution in [-0.4, -0.2) is 32.0 Å². The molecule has 0 saturated carbocycles. The maximum atomic E-state index is 14.3. The summed E-state index contributed by atoms with van der Waals surface area (Å²) in [6, 6.07) is 3.98. The lowest BCUT2D eigenvalue weighted by Crippen LogP contribution is -2.54. The molecule has 0 unspecified atom stereocenters. The Hall–Kier alpha value is -2.91. The summed E-state index contributed by atoms with van der Waals surface area (Å²) in [5, 5.41) is 24.0. The Morgan fingerprint density at radius 2 is 2.03 bits per heavy atom. The summed E-state index contributed by atoms with van der Waals surface area (Å²) >= 11 is 5.86. The minimum atomic E-state index is -5.06. The van der Waals surface area contributed by atoms with Crippen LogP contribution >= 0.6 is 11.6 Å². The number of phenolic OH excluding ortho intramolecular Hbond substituents is 1. The number of alkyl halides is 3. The normalized spacial score (nSPS) is 22.2. The summed E-state index contributed by atoms with van der Waals surface area (Å²) in [5.41, 5.74) is -2.93. The Morgan fingerprint density at radius 3 is 2.69 bits per heavy atom. The molecule has 0 spiro atoms. The van der Waals surface area contributed by atoms with E-state index in [4.69, 9.17) is 11.6 Å². The summed E-state index contributed by atoms with van der Waals surface area (Å²) in [6.07, 6.45) is -3.20.